The second kappa shape index (κ2) is 5.30. The third kappa shape index (κ3) is 2.59. The summed E-state index contributed by atoms with van der Waals surface area (Å²) in [7, 11) is 0. The Hall–Kier alpha value is -1.69. The topological polar surface area (TPSA) is 68.0 Å². The number of carbonyl (C=O) groups excluding carboxylic acids is 1. The quantitative estimate of drug-likeness (QED) is 0.920. The number of amides is 1. The average molecular weight is 265 g/mol. The summed E-state index contributed by atoms with van der Waals surface area (Å²) in [4.78, 5) is 17.2. The molecule has 1 amide bonds. The van der Waals surface area contributed by atoms with E-state index in [-0.39, 0.29) is 5.91 Å². The zero-order chi connectivity index (χ0) is 13.1. The molecule has 2 rings (SSSR count). The van der Waals surface area contributed by atoms with Crippen molar-refractivity contribution in [2.75, 3.05) is 0 Å². The molecule has 0 unspecified atom stereocenters. The van der Waals surface area contributed by atoms with Gasteiger partial charge in [-0.1, -0.05) is 12.1 Å². The Kier molecular flexibility index (Phi) is 3.76. The third-order valence-corrected chi connectivity index (χ3v) is 3.49. The van der Waals surface area contributed by atoms with E-state index in [4.69, 9.17) is 4.52 Å². The number of carbonyl (C=O) groups is 1. The molecule has 0 atom stereocenters. The Morgan fingerprint density at radius 2 is 2.28 bits per heavy atom. The summed E-state index contributed by atoms with van der Waals surface area (Å²) >= 11 is 1.58. The van der Waals surface area contributed by atoms with Gasteiger partial charge in [-0.05, 0) is 13.8 Å². The number of hydrogen-bond donors (Lipinski definition) is 1. The van der Waals surface area contributed by atoms with Gasteiger partial charge in [0.25, 0.3) is 5.91 Å². The fourth-order valence-corrected chi connectivity index (χ4v) is 2.43. The van der Waals surface area contributed by atoms with Gasteiger partial charge in [0.2, 0.25) is 0 Å². The maximum atomic E-state index is 12.1. The van der Waals surface area contributed by atoms with Crippen LogP contribution < -0.4 is 5.32 Å². The highest BCUT2D eigenvalue weighted by Crippen LogP contribution is 2.15. The van der Waals surface area contributed by atoms with Crippen molar-refractivity contribution in [2.45, 2.75) is 33.7 Å². The molecule has 0 aromatic carbocycles. The van der Waals surface area contributed by atoms with Gasteiger partial charge in [0.15, 0.2) is 0 Å². The van der Waals surface area contributed by atoms with Gasteiger partial charge in [-0.25, -0.2) is 4.98 Å². The van der Waals surface area contributed by atoms with Crippen molar-refractivity contribution in [3.8, 4) is 0 Å². The van der Waals surface area contributed by atoms with Gasteiger partial charge in [-0.2, -0.15) is 0 Å². The van der Waals surface area contributed by atoms with Crippen LogP contribution in [0.25, 0.3) is 0 Å². The van der Waals surface area contributed by atoms with Gasteiger partial charge >= 0.3 is 0 Å². The van der Waals surface area contributed by atoms with Crippen molar-refractivity contribution in [1.82, 2.24) is 15.5 Å². The molecule has 96 valence electrons. The summed E-state index contributed by atoms with van der Waals surface area (Å²) in [5.41, 5.74) is 1.18. The van der Waals surface area contributed by atoms with Crippen LogP contribution in [-0.4, -0.2) is 16.0 Å². The van der Waals surface area contributed by atoms with Crippen LogP contribution >= 0.6 is 11.3 Å². The van der Waals surface area contributed by atoms with E-state index in [2.05, 4.69) is 15.5 Å². The highest BCUT2D eigenvalue weighted by atomic mass is 32.1. The van der Waals surface area contributed by atoms with Gasteiger partial charge < -0.3 is 9.84 Å². The van der Waals surface area contributed by atoms with E-state index < -0.39 is 0 Å². The van der Waals surface area contributed by atoms with E-state index in [1.165, 1.54) is 0 Å². The molecule has 2 aromatic heterocycles. The first-order valence-electron chi connectivity index (χ1n) is 5.76. The highest BCUT2D eigenvalue weighted by Gasteiger charge is 2.18. The third-order valence-electron chi connectivity index (χ3n) is 2.57. The minimum Gasteiger partial charge on any atom is -0.360 e. The van der Waals surface area contributed by atoms with Crippen LogP contribution in [0.15, 0.2) is 10.7 Å². The summed E-state index contributed by atoms with van der Waals surface area (Å²) in [6, 6.07) is 0. The molecule has 0 aliphatic rings. The largest absolute Gasteiger partial charge is 0.360 e. The lowest BCUT2D eigenvalue weighted by molar-refractivity contribution is 0.0949. The SMILES string of the molecule is CCc1onc(C)c1C(=O)NCc1cnc(C)s1. The number of nitrogens with zero attached hydrogens (tertiary/aromatic N) is 2. The van der Waals surface area contributed by atoms with Crippen LogP contribution in [-0.2, 0) is 13.0 Å². The van der Waals surface area contributed by atoms with Gasteiger partial charge in [-0.3, -0.25) is 4.79 Å². The first kappa shape index (κ1) is 12.8. The zero-order valence-corrected chi connectivity index (χ0v) is 11.4. The van der Waals surface area contributed by atoms with Crippen molar-refractivity contribution in [1.29, 1.82) is 0 Å². The van der Waals surface area contributed by atoms with E-state index in [1.807, 2.05) is 13.8 Å². The number of rotatable bonds is 4. The number of aromatic nitrogens is 2. The molecule has 1 N–H and O–H groups in total. The Bertz CT molecular complexity index is 559. The van der Waals surface area contributed by atoms with Gasteiger partial charge in [-0.15, -0.1) is 11.3 Å². The Morgan fingerprint density at radius 1 is 1.50 bits per heavy atom. The average Bonchev–Trinajstić information content (AvgIpc) is 2.92. The molecule has 2 heterocycles. The first-order chi connectivity index (χ1) is 8.61. The Morgan fingerprint density at radius 3 is 2.89 bits per heavy atom. The number of nitrogens with one attached hydrogen (secondary N) is 1. The van der Waals surface area contributed by atoms with Gasteiger partial charge in [0.1, 0.15) is 11.3 Å². The monoisotopic (exact) mass is 265 g/mol. The van der Waals surface area contributed by atoms with Crippen LogP contribution in [0, 0.1) is 13.8 Å². The molecular formula is C12H15N3O2S. The van der Waals surface area contributed by atoms with E-state index in [1.54, 1.807) is 24.5 Å². The molecule has 0 aliphatic carbocycles. The fraction of sp³-hybridized carbons (Fsp3) is 0.417. The predicted octanol–water partition coefficient (Wildman–Crippen LogP) is 2.24. The molecule has 0 fully saturated rings. The summed E-state index contributed by atoms with van der Waals surface area (Å²) in [5.74, 6) is 0.488. The van der Waals surface area contributed by atoms with Crippen LogP contribution in [0.5, 0.6) is 0 Å². The normalized spacial score (nSPS) is 10.6. The summed E-state index contributed by atoms with van der Waals surface area (Å²) in [6.07, 6.45) is 2.44. The van der Waals surface area contributed by atoms with Crippen molar-refractivity contribution >= 4 is 17.2 Å². The lowest BCUT2D eigenvalue weighted by Crippen LogP contribution is -2.23. The second-order valence-electron chi connectivity index (χ2n) is 3.95. The maximum absolute atomic E-state index is 12.1. The van der Waals surface area contributed by atoms with Crippen molar-refractivity contribution in [3.63, 3.8) is 0 Å². The van der Waals surface area contributed by atoms with Crippen molar-refractivity contribution < 1.29 is 9.32 Å². The van der Waals surface area contributed by atoms with Crippen LogP contribution in [0.2, 0.25) is 0 Å². The lowest BCUT2D eigenvalue weighted by atomic mass is 10.1. The lowest BCUT2D eigenvalue weighted by Gasteiger charge is -2.02. The summed E-state index contributed by atoms with van der Waals surface area (Å²) in [5, 5.41) is 7.68. The molecule has 5 nitrogen and oxygen atoms in total. The van der Waals surface area contributed by atoms with E-state index in [0.717, 1.165) is 9.88 Å². The van der Waals surface area contributed by atoms with Crippen molar-refractivity contribution in [2.24, 2.45) is 0 Å². The van der Waals surface area contributed by atoms with Gasteiger partial charge in [0.05, 0.1) is 17.2 Å². The van der Waals surface area contributed by atoms with Crippen LogP contribution in [0.4, 0.5) is 0 Å². The molecule has 18 heavy (non-hydrogen) atoms. The van der Waals surface area contributed by atoms with E-state index in [9.17, 15) is 4.79 Å². The molecule has 0 spiro atoms. The smallest absolute Gasteiger partial charge is 0.257 e. The van der Waals surface area contributed by atoms with Crippen molar-refractivity contribution in [3.05, 3.63) is 33.1 Å². The highest BCUT2D eigenvalue weighted by molar-refractivity contribution is 7.11. The summed E-state index contributed by atoms with van der Waals surface area (Å²) < 4.78 is 5.10. The number of hydrogen-bond acceptors (Lipinski definition) is 5. The minimum absolute atomic E-state index is 0.142. The van der Waals surface area contributed by atoms with Crippen LogP contribution in [0.1, 0.15) is 38.6 Å². The minimum atomic E-state index is -0.142. The maximum Gasteiger partial charge on any atom is 0.257 e. The molecule has 0 bridgehead atoms. The van der Waals surface area contributed by atoms with Crippen LogP contribution in [0.3, 0.4) is 0 Å². The van der Waals surface area contributed by atoms with E-state index in [0.29, 0.717) is 30.0 Å². The van der Waals surface area contributed by atoms with E-state index >= 15 is 0 Å². The first-order valence-corrected chi connectivity index (χ1v) is 6.58. The Balaban J connectivity index is 2.05. The van der Waals surface area contributed by atoms with Gasteiger partial charge in [0, 0.05) is 17.5 Å². The molecule has 0 aliphatic heterocycles. The molecule has 2 aromatic rings. The number of aryl methyl sites for hydroxylation is 3. The Labute approximate surface area is 109 Å². The molecule has 0 saturated carbocycles. The number of thiazole rings is 1. The molecule has 6 heteroatoms. The molecule has 0 radical (unpaired) electrons. The summed E-state index contributed by atoms with van der Waals surface area (Å²) in [6.45, 7) is 6.13. The molecular weight excluding hydrogens is 250 g/mol. The standard InChI is InChI=1S/C12H15N3O2S/c1-4-10-11(7(2)15-17-10)12(16)14-6-9-5-13-8(3)18-9/h5H,4,6H2,1-3H3,(H,14,16). The molecule has 0 saturated heterocycles. The fourth-order valence-electron chi connectivity index (χ4n) is 1.69. The second-order valence-corrected chi connectivity index (χ2v) is 5.27. The zero-order valence-electron chi connectivity index (χ0n) is 10.6. The predicted molar refractivity (Wildman–Crippen MR) is 68.6 cm³/mol.